The molecule has 1 fully saturated rings. The van der Waals surface area contributed by atoms with Crippen molar-refractivity contribution < 1.29 is 4.74 Å². The second kappa shape index (κ2) is 12.3. The molecule has 0 N–H and O–H groups in total. The highest BCUT2D eigenvalue weighted by molar-refractivity contribution is 8.86. The van der Waals surface area contributed by atoms with Gasteiger partial charge in [-0.15, -0.1) is 27.3 Å². The molecule has 1 aliphatic rings. The van der Waals surface area contributed by atoms with E-state index in [1.165, 1.54) is 11.3 Å². The summed E-state index contributed by atoms with van der Waals surface area (Å²) < 4.78 is 7.99. The van der Waals surface area contributed by atoms with Crippen molar-refractivity contribution in [2.24, 2.45) is 4.99 Å². The SMILES string of the molecule is C#CC(=C\N=CC)/C(C)=C/C(=C\C(=C(\C)CC)N(C)S(C)(C)S)N1CCOCC1C. The van der Waals surface area contributed by atoms with Gasteiger partial charge in [0.25, 0.3) is 0 Å². The predicted octanol–water partition coefficient (Wildman–Crippen LogP) is 5.58. The largest absolute Gasteiger partial charge is 0.377 e. The van der Waals surface area contributed by atoms with Crippen LogP contribution in [0.5, 0.6) is 0 Å². The third kappa shape index (κ3) is 7.61. The van der Waals surface area contributed by atoms with Gasteiger partial charge in [0, 0.05) is 49.0 Å². The summed E-state index contributed by atoms with van der Waals surface area (Å²) >= 11 is 4.89. The number of hydrogen-bond donors (Lipinski definition) is 1. The number of thiol groups is 1. The molecule has 0 radical (unpaired) electrons. The predicted molar refractivity (Wildman–Crippen MR) is 139 cm³/mol. The first-order valence-corrected chi connectivity index (χ1v) is 13.8. The van der Waals surface area contributed by atoms with Gasteiger partial charge >= 0.3 is 0 Å². The molecular formula is C24H39N3OS2. The Morgan fingerprint density at radius 3 is 2.53 bits per heavy atom. The molecule has 1 saturated heterocycles. The van der Waals surface area contributed by atoms with E-state index in [9.17, 15) is 0 Å². The molecule has 0 bridgehead atoms. The quantitative estimate of drug-likeness (QED) is 0.172. The molecule has 4 nitrogen and oxygen atoms in total. The minimum atomic E-state index is -1.21. The molecule has 0 saturated carbocycles. The molecule has 168 valence electrons. The molecule has 0 aromatic heterocycles. The highest BCUT2D eigenvalue weighted by atomic mass is 33.1. The topological polar surface area (TPSA) is 28.1 Å². The Morgan fingerprint density at radius 1 is 1.37 bits per heavy atom. The van der Waals surface area contributed by atoms with E-state index in [1.54, 1.807) is 12.4 Å². The van der Waals surface area contributed by atoms with Crippen LogP contribution < -0.4 is 0 Å². The molecule has 0 aromatic rings. The van der Waals surface area contributed by atoms with Crippen molar-refractivity contribution in [1.29, 1.82) is 0 Å². The lowest BCUT2D eigenvalue weighted by molar-refractivity contribution is 0.0187. The first kappa shape index (κ1) is 26.5. The fraction of sp³-hybridized carbons (Fsp3) is 0.542. The van der Waals surface area contributed by atoms with Gasteiger partial charge in [-0.05, 0) is 69.9 Å². The van der Waals surface area contributed by atoms with E-state index >= 15 is 0 Å². The van der Waals surface area contributed by atoms with Gasteiger partial charge in [-0.25, -0.2) is 0 Å². The van der Waals surface area contributed by atoms with E-state index < -0.39 is 9.25 Å². The molecule has 1 atom stereocenters. The maximum Gasteiger partial charge on any atom is 0.0668 e. The maximum atomic E-state index is 5.76. The minimum absolute atomic E-state index is 0.283. The molecule has 1 aliphatic heterocycles. The highest BCUT2D eigenvalue weighted by Crippen LogP contribution is 2.50. The normalized spacial score (nSPS) is 20.9. The highest BCUT2D eigenvalue weighted by Gasteiger charge is 2.23. The summed E-state index contributed by atoms with van der Waals surface area (Å²) in [6.07, 6.45) is 19.1. The van der Waals surface area contributed by atoms with E-state index in [4.69, 9.17) is 22.8 Å². The Balaban J connectivity index is 3.63. The first-order valence-electron chi connectivity index (χ1n) is 10.3. The zero-order valence-corrected chi connectivity index (χ0v) is 21.6. The summed E-state index contributed by atoms with van der Waals surface area (Å²) in [7, 11) is 0.922. The Kier molecular flexibility index (Phi) is 10.9. The maximum absolute atomic E-state index is 5.76. The molecule has 6 heteroatoms. The van der Waals surface area contributed by atoms with E-state index in [0.717, 1.165) is 36.4 Å². The average Bonchev–Trinajstić information content (AvgIpc) is 2.70. The zero-order chi connectivity index (χ0) is 22.9. The van der Waals surface area contributed by atoms with Crippen LogP contribution in [0.3, 0.4) is 0 Å². The van der Waals surface area contributed by atoms with Gasteiger partial charge in [-0.3, -0.25) is 4.99 Å². The van der Waals surface area contributed by atoms with E-state index in [1.807, 2.05) is 13.8 Å². The fourth-order valence-electron chi connectivity index (χ4n) is 3.06. The van der Waals surface area contributed by atoms with Crippen molar-refractivity contribution in [3.63, 3.8) is 0 Å². The van der Waals surface area contributed by atoms with Crippen LogP contribution in [-0.2, 0) is 4.74 Å². The zero-order valence-electron chi connectivity index (χ0n) is 19.9. The Morgan fingerprint density at radius 2 is 2.03 bits per heavy atom. The van der Waals surface area contributed by atoms with E-state index in [2.05, 4.69) is 72.6 Å². The number of allylic oxidation sites excluding steroid dienone is 5. The summed E-state index contributed by atoms with van der Waals surface area (Å²) in [6, 6.07) is 0.283. The number of likely N-dealkylation sites (N-methyl/N-ethyl adjacent to an activating group) is 1. The molecule has 0 aliphatic carbocycles. The molecule has 1 rings (SSSR count). The molecule has 0 spiro atoms. The smallest absolute Gasteiger partial charge is 0.0668 e. The van der Waals surface area contributed by atoms with Gasteiger partial charge in [-0.1, -0.05) is 12.8 Å². The van der Waals surface area contributed by atoms with Gasteiger partial charge in [0.05, 0.1) is 13.2 Å². The van der Waals surface area contributed by atoms with Crippen LogP contribution in [0.15, 0.2) is 51.5 Å². The van der Waals surface area contributed by atoms with Crippen LogP contribution in [0.4, 0.5) is 0 Å². The monoisotopic (exact) mass is 449 g/mol. The standard InChI is InChI=1S/C24H39N3OS2/c1-10-19(4)24(26(7)30(8,9)29)16-23(27-13-14-28-18-21(27)6)15-20(5)22(11-2)17-25-12-3/h2,12,15-17,21,29H,10,13-14,18H2,1,3-9H3/b20-15+,22-17+,23-16+,24-19+,25-12?. The number of rotatable bonds is 8. The minimum Gasteiger partial charge on any atom is -0.377 e. The van der Waals surface area contributed by atoms with Crippen molar-refractivity contribution in [2.75, 3.05) is 39.3 Å². The fourth-order valence-corrected chi connectivity index (χ4v) is 4.02. The number of morpholine rings is 1. The number of ether oxygens (including phenoxy) is 1. The van der Waals surface area contributed by atoms with Crippen molar-refractivity contribution in [2.45, 2.75) is 47.1 Å². The summed E-state index contributed by atoms with van der Waals surface area (Å²) in [5, 5.41) is 0. The van der Waals surface area contributed by atoms with Gasteiger partial charge in [0.15, 0.2) is 0 Å². The molecular weight excluding hydrogens is 410 g/mol. The lowest BCUT2D eigenvalue weighted by Gasteiger charge is -2.41. The Bertz CT molecular complexity index is 779. The van der Waals surface area contributed by atoms with Crippen molar-refractivity contribution in [1.82, 2.24) is 9.21 Å². The lowest BCUT2D eigenvalue weighted by Crippen LogP contribution is -2.42. The number of nitrogens with zero attached hydrogens (tertiary/aromatic N) is 3. The number of terminal acetylenes is 1. The van der Waals surface area contributed by atoms with Crippen LogP contribution in [0.25, 0.3) is 0 Å². The van der Waals surface area contributed by atoms with Crippen molar-refractivity contribution in [3.8, 4) is 12.3 Å². The van der Waals surface area contributed by atoms with Crippen LogP contribution in [0.2, 0.25) is 0 Å². The van der Waals surface area contributed by atoms with E-state index in [0.29, 0.717) is 6.61 Å². The average molecular weight is 450 g/mol. The summed E-state index contributed by atoms with van der Waals surface area (Å²) in [6.45, 7) is 12.8. The van der Waals surface area contributed by atoms with Crippen LogP contribution >= 0.6 is 20.9 Å². The van der Waals surface area contributed by atoms with Gasteiger partial charge < -0.3 is 13.9 Å². The van der Waals surface area contributed by atoms with Crippen LogP contribution in [0.1, 0.15) is 41.0 Å². The first-order chi connectivity index (χ1) is 14.1. The van der Waals surface area contributed by atoms with Crippen LogP contribution in [0, 0.1) is 12.3 Å². The Labute approximate surface area is 191 Å². The molecule has 0 amide bonds. The third-order valence-electron chi connectivity index (χ3n) is 5.26. The van der Waals surface area contributed by atoms with Crippen LogP contribution in [-0.4, -0.2) is 60.8 Å². The van der Waals surface area contributed by atoms with E-state index in [-0.39, 0.29) is 6.04 Å². The van der Waals surface area contributed by atoms with Crippen molar-refractivity contribution in [3.05, 3.63) is 46.5 Å². The molecule has 0 aromatic carbocycles. The Hall–Kier alpha value is -1.55. The van der Waals surface area contributed by atoms with Gasteiger partial charge in [0.2, 0.25) is 0 Å². The molecule has 30 heavy (non-hydrogen) atoms. The molecule has 1 unspecified atom stereocenters. The number of hydrogen-bond acceptors (Lipinski definition) is 5. The second-order valence-electron chi connectivity index (χ2n) is 7.85. The van der Waals surface area contributed by atoms with Crippen molar-refractivity contribution >= 4 is 27.1 Å². The van der Waals surface area contributed by atoms with Gasteiger partial charge in [-0.2, -0.15) is 0 Å². The second-order valence-corrected chi connectivity index (χ2v) is 13.5. The summed E-state index contributed by atoms with van der Waals surface area (Å²) in [5.74, 6) is 2.77. The lowest BCUT2D eigenvalue weighted by atomic mass is 10.1. The van der Waals surface area contributed by atoms with Gasteiger partial charge in [0.1, 0.15) is 0 Å². The molecule has 1 heterocycles. The summed E-state index contributed by atoms with van der Waals surface area (Å²) in [5.41, 5.74) is 5.48. The third-order valence-corrected chi connectivity index (χ3v) is 7.53. The summed E-state index contributed by atoms with van der Waals surface area (Å²) in [4.78, 5) is 6.62. The number of aliphatic imine (C=N–C) groups is 1.